The van der Waals surface area contributed by atoms with Gasteiger partial charge in [0.05, 0.1) is 6.54 Å². The third-order valence-corrected chi connectivity index (χ3v) is 4.41. The van der Waals surface area contributed by atoms with Crippen LogP contribution in [0.3, 0.4) is 0 Å². The van der Waals surface area contributed by atoms with Crippen LogP contribution in [0.25, 0.3) is 0 Å². The first-order chi connectivity index (χ1) is 11.2. The number of nitrogens with zero attached hydrogens (tertiary/aromatic N) is 3. The molecule has 2 rings (SSSR count). The van der Waals surface area contributed by atoms with Gasteiger partial charge in [-0.15, -0.1) is 24.0 Å². The summed E-state index contributed by atoms with van der Waals surface area (Å²) in [4.78, 5) is 18.5. The lowest BCUT2D eigenvalue weighted by atomic mass is 10.2. The van der Waals surface area contributed by atoms with Crippen molar-refractivity contribution in [1.29, 1.82) is 0 Å². The Labute approximate surface area is 161 Å². The molecule has 24 heavy (non-hydrogen) atoms. The number of rotatable bonds is 8. The van der Waals surface area contributed by atoms with Gasteiger partial charge in [0.25, 0.3) is 0 Å². The summed E-state index contributed by atoms with van der Waals surface area (Å²) in [7, 11) is 0. The quantitative estimate of drug-likeness (QED) is 0.275. The standard InChI is InChI=1S/C17H29N5O.HI/c1-2-21-13-7-8-15(21)14-20-17(18)19-10-4-6-12-22-11-5-3-9-16(22)23;/h3,5,9,11,15H,2,4,6-8,10,12-14H2,1H3,(H3,18,19,20);1H. The normalized spacial score (nSPS) is 18.4. The number of likely N-dealkylation sites (N-methyl/N-ethyl adjacent to an activating group) is 1. The van der Waals surface area contributed by atoms with Crippen LogP contribution in [0.2, 0.25) is 0 Å². The molecule has 0 saturated carbocycles. The second-order valence-corrected chi connectivity index (χ2v) is 6.02. The maximum absolute atomic E-state index is 11.6. The Morgan fingerprint density at radius 1 is 1.42 bits per heavy atom. The molecule has 1 unspecified atom stereocenters. The molecule has 6 nitrogen and oxygen atoms in total. The van der Waals surface area contributed by atoms with Gasteiger partial charge in [-0.05, 0) is 44.8 Å². The molecule has 0 amide bonds. The maximum Gasteiger partial charge on any atom is 0.250 e. The van der Waals surface area contributed by atoms with Crippen LogP contribution in [-0.4, -0.2) is 47.6 Å². The van der Waals surface area contributed by atoms with Gasteiger partial charge in [-0.25, -0.2) is 0 Å². The molecule has 0 aliphatic carbocycles. The number of pyridine rings is 1. The van der Waals surface area contributed by atoms with E-state index in [1.807, 2.05) is 12.3 Å². The van der Waals surface area contributed by atoms with E-state index < -0.39 is 0 Å². The number of nitrogens with one attached hydrogen (secondary N) is 1. The molecule has 136 valence electrons. The van der Waals surface area contributed by atoms with Crippen molar-refractivity contribution >= 4 is 29.9 Å². The first-order valence-corrected chi connectivity index (χ1v) is 8.64. The molecule has 1 aliphatic rings. The summed E-state index contributed by atoms with van der Waals surface area (Å²) in [5.74, 6) is 0.532. The topological polar surface area (TPSA) is 75.7 Å². The number of nitrogens with two attached hydrogens (primary N) is 1. The Hall–Kier alpha value is -1.09. The van der Waals surface area contributed by atoms with E-state index in [1.165, 1.54) is 19.4 Å². The van der Waals surface area contributed by atoms with Crippen molar-refractivity contribution in [3.05, 3.63) is 34.7 Å². The Morgan fingerprint density at radius 3 is 3.00 bits per heavy atom. The minimum atomic E-state index is 0. The Morgan fingerprint density at radius 2 is 2.25 bits per heavy atom. The fourth-order valence-corrected chi connectivity index (χ4v) is 3.05. The predicted molar refractivity (Wildman–Crippen MR) is 110 cm³/mol. The van der Waals surface area contributed by atoms with E-state index in [0.717, 1.165) is 39.0 Å². The van der Waals surface area contributed by atoms with Crippen LogP contribution in [0.15, 0.2) is 34.2 Å². The lowest BCUT2D eigenvalue weighted by Crippen LogP contribution is -2.36. The molecule has 0 radical (unpaired) electrons. The first kappa shape index (κ1) is 21.0. The average Bonchev–Trinajstić information content (AvgIpc) is 3.02. The van der Waals surface area contributed by atoms with E-state index in [9.17, 15) is 4.79 Å². The number of aromatic nitrogens is 1. The van der Waals surface area contributed by atoms with Gasteiger partial charge in [-0.1, -0.05) is 13.0 Å². The summed E-state index contributed by atoms with van der Waals surface area (Å²) in [6.45, 7) is 6.79. The van der Waals surface area contributed by atoms with Crippen molar-refractivity contribution in [2.45, 2.75) is 45.2 Å². The fraction of sp³-hybridized carbons (Fsp3) is 0.647. The molecule has 7 heteroatoms. The summed E-state index contributed by atoms with van der Waals surface area (Å²) in [6, 6.07) is 5.78. The summed E-state index contributed by atoms with van der Waals surface area (Å²) in [5, 5.41) is 3.16. The minimum absolute atomic E-state index is 0. The molecular weight excluding hydrogens is 417 g/mol. The average molecular weight is 447 g/mol. The fourth-order valence-electron chi connectivity index (χ4n) is 3.05. The van der Waals surface area contributed by atoms with Gasteiger partial charge >= 0.3 is 0 Å². The molecule has 2 heterocycles. The zero-order valence-corrected chi connectivity index (χ0v) is 16.8. The second kappa shape index (κ2) is 11.5. The summed E-state index contributed by atoms with van der Waals surface area (Å²) >= 11 is 0. The van der Waals surface area contributed by atoms with Crippen molar-refractivity contribution < 1.29 is 0 Å². The zero-order valence-electron chi connectivity index (χ0n) is 14.5. The molecule has 0 spiro atoms. The van der Waals surface area contributed by atoms with E-state index in [-0.39, 0.29) is 29.5 Å². The van der Waals surface area contributed by atoms with Crippen LogP contribution in [0.1, 0.15) is 32.6 Å². The molecule has 3 N–H and O–H groups in total. The van der Waals surface area contributed by atoms with Crippen LogP contribution >= 0.6 is 24.0 Å². The highest BCUT2D eigenvalue weighted by Gasteiger charge is 2.22. The zero-order chi connectivity index (χ0) is 16.5. The first-order valence-electron chi connectivity index (χ1n) is 8.64. The van der Waals surface area contributed by atoms with Gasteiger partial charge in [0, 0.05) is 31.4 Å². The van der Waals surface area contributed by atoms with E-state index in [4.69, 9.17) is 5.73 Å². The van der Waals surface area contributed by atoms with Crippen LogP contribution in [0.5, 0.6) is 0 Å². The number of aryl methyl sites for hydroxylation is 1. The third kappa shape index (κ3) is 6.80. The highest BCUT2D eigenvalue weighted by molar-refractivity contribution is 14.0. The molecule has 1 fully saturated rings. The molecule has 1 aromatic heterocycles. The van der Waals surface area contributed by atoms with Crippen LogP contribution < -0.4 is 16.6 Å². The molecular formula is C17H30IN5O. The van der Waals surface area contributed by atoms with Gasteiger partial charge in [0.2, 0.25) is 5.56 Å². The number of hydrogen-bond donors (Lipinski definition) is 2. The lowest BCUT2D eigenvalue weighted by molar-refractivity contribution is 0.273. The smallest absolute Gasteiger partial charge is 0.250 e. The molecule has 1 aromatic rings. The Balaban J connectivity index is 0.00000288. The largest absolute Gasteiger partial charge is 0.370 e. The van der Waals surface area contributed by atoms with E-state index in [0.29, 0.717) is 12.0 Å². The molecule has 0 bridgehead atoms. The monoisotopic (exact) mass is 447 g/mol. The number of unbranched alkanes of at least 4 members (excludes halogenated alkanes) is 1. The van der Waals surface area contributed by atoms with E-state index >= 15 is 0 Å². The number of halogens is 1. The van der Waals surface area contributed by atoms with Gasteiger partial charge < -0.3 is 15.6 Å². The van der Waals surface area contributed by atoms with Crippen molar-refractivity contribution in [3.63, 3.8) is 0 Å². The Bertz CT molecular complexity index is 560. The van der Waals surface area contributed by atoms with Crippen LogP contribution in [-0.2, 0) is 6.54 Å². The molecule has 1 atom stereocenters. The number of hydrogen-bond acceptors (Lipinski definition) is 3. The molecule has 1 saturated heterocycles. The van der Waals surface area contributed by atoms with Crippen molar-refractivity contribution in [1.82, 2.24) is 14.8 Å². The van der Waals surface area contributed by atoms with E-state index in [1.54, 1.807) is 16.7 Å². The highest BCUT2D eigenvalue weighted by atomic mass is 127. The lowest BCUT2D eigenvalue weighted by Gasteiger charge is -2.20. The molecule has 1 aliphatic heterocycles. The highest BCUT2D eigenvalue weighted by Crippen LogP contribution is 2.16. The van der Waals surface area contributed by atoms with Crippen LogP contribution in [0, 0.1) is 0 Å². The maximum atomic E-state index is 11.6. The molecule has 0 aromatic carbocycles. The van der Waals surface area contributed by atoms with Crippen molar-refractivity contribution in [3.8, 4) is 0 Å². The number of guanidine groups is 1. The summed E-state index contributed by atoms with van der Waals surface area (Å²) < 4.78 is 1.73. The van der Waals surface area contributed by atoms with Gasteiger partial charge in [0.1, 0.15) is 0 Å². The van der Waals surface area contributed by atoms with Gasteiger partial charge in [-0.3, -0.25) is 14.7 Å². The second-order valence-electron chi connectivity index (χ2n) is 6.02. The Kier molecular flexibility index (Phi) is 10.0. The van der Waals surface area contributed by atoms with Gasteiger partial charge in [0.15, 0.2) is 5.96 Å². The van der Waals surface area contributed by atoms with Crippen LogP contribution in [0.4, 0.5) is 0 Å². The summed E-state index contributed by atoms with van der Waals surface area (Å²) in [6.07, 6.45) is 6.21. The number of likely N-dealkylation sites (tertiary alicyclic amines) is 1. The number of aliphatic imine (C=N–C) groups is 1. The van der Waals surface area contributed by atoms with Gasteiger partial charge in [-0.2, -0.15) is 0 Å². The SMILES string of the molecule is CCN1CCCC1CN=C(N)NCCCCn1ccccc1=O.I. The van der Waals surface area contributed by atoms with E-state index in [2.05, 4.69) is 22.1 Å². The summed E-state index contributed by atoms with van der Waals surface area (Å²) in [5.41, 5.74) is 5.98. The minimum Gasteiger partial charge on any atom is -0.370 e. The third-order valence-electron chi connectivity index (χ3n) is 4.41. The van der Waals surface area contributed by atoms with Crippen molar-refractivity contribution in [2.24, 2.45) is 10.7 Å². The van der Waals surface area contributed by atoms with Crippen molar-refractivity contribution in [2.75, 3.05) is 26.2 Å². The predicted octanol–water partition coefficient (Wildman–Crippen LogP) is 1.64.